The summed E-state index contributed by atoms with van der Waals surface area (Å²) in [6, 6.07) is 6.55. The van der Waals surface area contributed by atoms with Crippen LogP contribution in [-0.2, 0) is 4.79 Å². The summed E-state index contributed by atoms with van der Waals surface area (Å²) in [5.74, 6) is 0.378. The summed E-state index contributed by atoms with van der Waals surface area (Å²) in [6.45, 7) is 8.16. The van der Waals surface area contributed by atoms with Crippen molar-refractivity contribution in [3.8, 4) is 0 Å². The first-order valence-electron chi connectivity index (χ1n) is 7.15. The van der Waals surface area contributed by atoms with Crippen molar-refractivity contribution in [1.29, 1.82) is 0 Å². The van der Waals surface area contributed by atoms with Gasteiger partial charge in [-0.25, -0.2) is 0 Å². The van der Waals surface area contributed by atoms with Crippen molar-refractivity contribution < 1.29 is 4.79 Å². The van der Waals surface area contributed by atoms with E-state index in [1.54, 1.807) is 0 Å². The molecule has 104 valence electrons. The van der Waals surface area contributed by atoms with Crippen molar-refractivity contribution in [2.75, 3.05) is 13.1 Å². The summed E-state index contributed by atoms with van der Waals surface area (Å²) in [5, 5.41) is 6.44. The summed E-state index contributed by atoms with van der Waals surface area (Å²) in [6.07, 6.45) is 1.90. The highest BCUT2D eigenvalue weighted by atomic mass is 16.1. The molecule has 0 saturated carbocycles. The zero-order chi connectivity index (χ0) is 13.8. The summed E-state index contributed by atoms with van der Waals surface area (Å²) in [7, 11) is 0. The van der Waals surface area contributed by atoms with Crippen molar-refractivity contribution in [2.24, 2.45) is 5.92 Å². The first kappa shape index (κ1) is 14.1. The second-order valence-electron chi connectivity index (χ2n) is 5.68. The van der Waals surface area contributed by atoms with Crippen LogP contribution >= 0.6 is 0 Å². The molecule has 0 radical (unpaired) electrons. The van der Waals surface area contributed by atoms with E-state index in [-0.39, 0.29) is 17.9 Å². The molecule has 1 atom stereocenters. The van der Waals surface area contributed by atoms with Gasteiger partial charge in [0, 0.05) is 5.92 Å². The number of aryl methyl sites for hydroxylation is 2. The topological polar surface area (TPSA) is 41.1 Å². The minimum Gasteiger partial charge on any atom is -0.349 e. The molecular weight excluding hydrogens is 236 g/mol. The molecule has 2 rings (SSSR count). The molecule has 2 N–H and O–H groups in total. The van der Waals surface area contributed by atoms with Gasteiger partial charge in [-0.15, -0.1) is 0 Å². The fourth-order valence-corrected chi connectivity index (χ4v) is 2.76. The van der Waals surface area contributed by atoms with Crippen LogP contribution in [0.1, 0.15) is 42.5 Å². The number of piperidine rings is 1. The minimum absolute atomic E-state index is 0.0842. The van der Waals surface area contributed by atoms with Crippen LogP contribution in [0.3, 0.4) is 0 Å². The number of hydrogen-bond donors (Lipinski definition) is 2. The van der Waals surface area contributed by atoms with E-state index in [0.717, 1.165) is 25.9 Å². The molecule has 1 fully saturated rings. The van der Waals surface area contributed by atoms with Gasteiger partial charge in [0.1, 0.15) is 0 Å². The number of amides is 1. The molecule has 0 spiro atoms. The van der Waals surface area contributed by atoms with Gasteiger partial charge in [0.2, 0.25) is 5.91 Å². The zero-order valence-corrected chi connectivity index (χ0v) is 12.1. The molecule has 3 heteroatoms. The quantitative estimate of drug-likeness (QED) is 0.876. The lowest BCUT2D eigenvalue weighted by Crippen LogP contribution is -2.39. The van der Waals surface area contributed by atoms with E-state index in [1.807, 2.05) is 0 Å². The number of rotatable bonds is 3. The first-order valence-corrected chi connectivity index (χ1v) is 7.15. The van der Waals surface area contributed by atoms with Crippen molar-refractivity contribution >= 4 is 5.91 Å². The zero-order valence-electron chi connectivity index (χ0n) is 12.1. The van der Waals surface area contributed by atoms with Gasteiger partial charge < -0.3 is 10.6 Å². The lowest BCUT2D eigenvalue weighted by Gasteiger charge is -2.24. The highest BCUT2D eigenvalue weighted by molar-refractivity contribution is 5.79. The number of carbonyl (C=O) groups is 1. The maximum atomic E-state index is 12.2. The van der Waals surface area contributed by atoms with Gasteiger partial charge in [-0.05, 0) is 52.3 Å². The molecule has 0 aromatic heterocycles. The fourth-order valence-electron chi connectivity index (χ4n) is 2.76. The van der Waals surface area contributed by atoms with Crippen LogP contribution in [0.2, 0.25) is 0 Å². The Kier molecular flexibility index (Phi) is 4.59. The van der Waals surface area contributed by atoms with Crippen LogP contribution in [0.25, 0.3) is 0 Å². The number of carbonyl (C=O) groups excluding carboxylic acids is 1. The molecule has 0 bridgehead atoms. The van der Waals surface area contributed by atoms with E-state index in [4.69, 9.17) is 0 Å². The predicted molar refractivity (Wildman–Crippen MR) is 78.1 cm³/mol. The Hall–Kier alpha value is -1.35. The maximum Gasteiger partial charge on any atom is 0.223 e. The molecule has 19 heavy (non-hydrogen) atoms. The van der Waals surface area contributed by atoms with Crippen LogP contribution in [0, 0.1) is 19.8 Å². The van der Waals surface area contributed by atoms with Gasteiger partial charge in [0.15, 0.2) is 0 Å². The molecule has 3 nitrogen and oxygen atoms in total. The average Bonchev–Trinajstić information content (AvgIpc) is 2.38. The lowest BCUT2D eigenvalue weighted by atomic mass is 9.96. The van der Waals surface area contributed by atoms with Gasteiger partial charge in [-0.3, -0.25) is 4.79 Å². The Morgan fingerprint density at radius 3 is 2.37 bits per heavy atom. The van der Waals surface area contributed by atoms with Crippen LogP contribution in [0.4, 0.5) is 0 Å². The van der Waals surface area contributed by atoms with E-state index in [1.165, 1.54) is 16.7 Å². The Morgan fingerprint density at radius 2 is 1.79 bits per heavy atom. The van der Waals surface area contributed by atoms with Gasteiger partial charge in [-0.1, -0.05) is 29.3 Å². The monoisotopic (exact) mass is 260 g/mol. The molecular formula is C16H24N2O. The largest absolute Gasteiger partial charge is 0.349 e. The Morgan fingerprint density at radius 1 is 1.21 bits per heavy atom. The lowest BCUT2D eigenvalue weighted by molar-refractivity contribution is -0.126. The van der Waals surface area contributed by atoms with E-state index < -0.39 is 0 Å². The third kappa shape index (κ3) is 3.80. The molecule has 0 aliphatic carbocycles. The van der Waals surface area contributed by atoms with E-state index in [9.17, 15) is 4.79 Å². The summed E-state index contributed by atoms with van der Waals surface area (Å²) in [4.78, 5) is 12.2. The average molecular weight is 260 g/mol. The van der Waals surface area contributed by atoms with Gasteiger partial charge in [0.25, 0.3) is 0 Å². The standard InChI is InChI=1S/C16H24N2O/c1-11-8-12(2)10-15(9-11)13(3)18-16(19)14-4-6-17-7-5-14/h8-10,13-14,17H,4-7H2,1-3H3,(H,18,19). The Balaban J connectivity index is 1.99. The number of nitrogens with one attached hydrogen (secondary N) is 2. The van der Waals surface area contributed by atoms with Crippen molar-refractivity contribution in [3.05, 3.63) is 34.9 Å². The molecule has 1 aromatic rings. The second-order valence-corrected chi connectivity index (χ2v) is 5.68. The summed E-state index contributed by atoms with van der Waals surface area (Å²) in [5.41, 5.74) is 3.69. The molecule has 1 amide bonds. The van der Waals surface area contributed by atoms with Gasteiger partial charge in [-0.2, -0.15) is 0 Å². The van der Waals surface area contributed by atoms with Crippen LogP contribution in [-0.4, -0.2) is 19.0 Å². The van der Waals surface area contributed by atoms with Crippen LogP contribution in [0.15, 0.2) is 18.2 Å². The van der Waals surface area contributed by atoms with E-state index >= 15 is 0 Å². The summed E-state index contributed by atoms with van der Waals surface area (Å²) >= 11 is 0. The first-order chi connectivity index (χ1) is 9.06. The molecule has 1 heterocycles. The van der Waals surface area contributed by atoms with Crippen LogP contribution < -0.4 is 10.6 Å². The van der Waals surface area contributed by atoms with Crippen molar-refractivity contribution in [1.82, 2.24) is 10.6 Å². The molecule has 1 aliphatic heterocycles. The predicted octanol–water partition coefficient (Wildman–Crippen LogP) is 2.48. The number of benzene rings is 1. The molecule has 1 unspecified atom stereocenters. The Labute approximate surface area is 115 Å². The SMILES string of the molecule is Cc1cc(C)cc(C(C)NC(=O)C2CCNCC2)c1. The molecule has 1 aromatic carbocycles. The van der Waals surface area contributed by atoms with E-state index in [2.05, 4.69) is 49.6 Å². The molecule has 1 aliphatic rings. The normalized spacial score (nSPS) is 18.1. The maximum absolute atomic E-state index is 12.2. The Bertz CT molecular complexity index is 430. The van der Waals surface area contributed by atoms with E-state index in [0.29, 0.717) is 0 Å². The van der Waals surface area contributed by atoms with Crippen molar-refractivity contribution in [2.45, 2.75) is 39.7 Å². The van der Waals surface area contributed by atoms with Gasteiger partial charge >= 0.3 is 0 Å². The third-order valence-electron chi connectivity index (χ3n) is 3.81. The number of hydrogen-bond acceptors (Lipinski definition) is 2. The fraction of sp³-hybridized carbons (Fsp3) is 0.562. The smallest absolute Gasteiger partial charge is 0.223 e. The highest BCUT2D eigenvalue weighted by Crippen LogP contribution is 2.19. The minimum atomic E-state index is 0.0842. The third-order valence-corrected chi connectivity index (χ3v) is 3.81. The van der Waals surface area contributed by atoms with Crippen LogP contribution in [0.5, 0.6) is 0 Å². The van der Waals surface area contributed by atoms with Gasteiger partial charge in [0.05, 0.1) is 6.04 Å². The molecule has 1 saturated heterocycles. The summed E-state index contributed by atoms with van der Waals surface area (Å²) < 4.78 is 0. The highest BCUT2D eigenvalue weighted by Gasteiger charge is 2.22. The van der Waals surface area contributed by atoms with Crippen molar-refractivity contribution in [3.63, 3.8) is 0 Å². The second kappa shape index (κ2) is 6.20.